The Balaban J connectivity index is 1.58. The van der Waals surface area contributed by atoms with Gasteiger partial charge < -0.3 is 9.73 Å². The Labute approximate surface area is 156 Å². The minimum Gasteiger partial charge on any atom is -0.411 e. The number of benzene rings is 2. The van der Waals surface area contributed by atoms with E-state index < -0.39 is 4.92 Å². The second-order valence-electron chi connectivity index (χ2n) is 5.03. The number of hydrogen-bond acceptors (Lipinski definition) is 7. The van der Waals surface area contributed by atoms with E-state index in [1.807, 2.05) is 0 Å². The molecule has 0 aliphatic heterocycles. The van der Waals surface area contributed by atoms with Gasteiger partial charge in [0.05, 0.1) is 10.7 Å². The SMILES string of the molecule is O=C(CSc1nnc(-c2cccc(Cl)c2)o1)Nc1cccc([N+](=O)[O-])c1. The second kappa shape index (κ2) is 7.98. The average Bonchev–Trinajstić information content (AvgIpc) is 3.09. The molecule has 1 amide bonds. The first-order valence-corrected chi connectivity index (χ1v) is 8.64. The number of nitrogens with one attached hydrogen (secondary N) is 1. The monoisotopic (exact) mass is 390 g/mol. The van der Waals surface area contributed by atoms with Crippen molar-refractivity contribution in [3.05, 3.63) is 63.7 Å². The summed E-state index contributed by atoms with van der Waals surface area (Å²) in [6.45, 7) is 0. The summed E-state index contributed by atoms with van der Waals surface area (Å²) >= 11 is 6.98. The molecule has 0 spiro atoms. The van der Waals surface area contributed by atoms with Gasteiger partial charge in [0, 0.05) is 28.4 Å². The van der Waals surface area contributed by atoms with Crippen LogP contribution in [0, 0.1) is 10.1 Å². The Morgan fingerprint density at radius 1 is 1.23 bits per heavy atom. The van der Waals surface area contributed by atoms with E-state index in [-0.39, 0.29) is 22.6 Å². The molecule has 1 aromatic heterocycles. The van der Waals surface area contributed by atoms with E-state index in [2.05, 4.69) is 15.5 Å². The first kappa shape index (κ1) is 17.9. The molecule has 0 radical (unpaired) electrons. The highest BCUT2D eigenvalue weighted by molar-refractivity contribution is 7.99. The van der Waals surface area contributed by atoms with Crippen molar-refractivity contribution in [3.63, 3.8) is 0 Å². The fourth-order valence-electron chi connectivity index (χ4n) is 2.03. The second-order valence-corrected chi connectivity index (χ2v) is 6.39. The molecule has 0 aliphatic rings. The molecule has 0 saturated carbocycles. The van der Waals surface area contributed by atoms with E-state index in [0.29, 0.717) is 22.2 Å². The molecule has 1 N–H and O–H groups in total. The highest BCUT2D eigenvalue weighted by atomic mass is 35.5. The molecule has 26 heavy (non-hydrogen) atoms. The van der Waals surface area contributed by atoms with Crippen LogP contribution >= 0.6 is 23.4 Å². The predicted octanol–water partition coefficient (Wildman–Crippen LogP) is 4.03. The van der Waals surface area contributed by atoms with E-state index in [1.54, 1.807) is 30.3 Å². The smallest absolute Gasteiger partial charge is 0.277 e. The van der Waals surface area contributed by atoms with Crippen molar-refractivity contribution in [3.8, 4) is 11.5 Å². The Morgan fingerprint density at radius 3 is 2.81 bits per heavy atom. The van der Waals surface area contributed by atoms with Gasteiger partial charge in [-0.3, -0.25) is 14.9 Å². The molecule has 0 bridgehead atoms. The summed E-state index contributed by atoms with van der Waals surface area (Å²) in [6.07, 6.45) is 0. The van der Waals surface area contributed by atoms with Crippen LogP contribution in [0.3, 0.4) is 0 Å². The van der Waals surface area contributed by atoms with Crippen LogP contribution in [-0.4, -0.2) is 26.8 Å². The lowest BCUT2D eigenvalue weighted by Crippen LogP contribution is -2.14. The molecule has 0 unspecified atom stereocenters. The maximum Gasteiger partial charge on any atom is 0.277 e. The maximum atomic E-state index is 12.0. The van der Waals surface area contributed by atoms with Crippen LogP contribution < -0.4 is 5.32 Å². The Bertz CT molecular complexity index is 963. The zero-order chi connectivity index (χ0) is 18.5. The van der Waals surface area contributed by atoms with Crippen LogP contribution in [0.4, 0.5) is 11.4 Å². The van der Waals surface area contributed by atoms with Crippen LogP contribution in [-0.2, 0) is 4.79 Å². The van der Waals surface area contributed by atoms with Crippen molar-refractivity contribution in [1.82, 2.24) is 10.2 Å². The van der Waals surface area contributed by atoms with Crippen molar-refractivity contribution in [2.45, 2.75) is 5.22 Å². The normalized spacial score (nSPS) is 10.5. The standard InChI is InChI=1S/C16H11ClN4O4S/c17-11-4-1-3-10(7-11)15-19-20-16(25-15)26-9-14(22)18-12-5-2-6-13(8-12)21(23)24/h1-8H,9H2,(H,18,22). The molecule has 132 valence electrons. The molecule has 8 nitrogen and oxygen atoms in total. The quantitative estimate of drug-likeness (QED) is 0.384. The number of carbonyl (C=O) groups is 1. The third kappa shape index (κ3) is 4.58. The number of hydrogen-bond donors (Lipinski definition) is 1. The number of non-ortho nitro benzene ring substituents is 1. The third-order valence-electron chi connectivity index (χ3n) is 3.15. The number of aromatic nitrogens is 2. The minimum absolute atomic E-state index is 0.0138. The first-order valence-electron chi connectivity index (χ1n) is 7.28. The number of anilines is 1. The van der Waals surface area contributed by atoms with Crippen LogP contribution in [0.25, 0.3) is 11.5 Å². The molecule has 0 aliphatic carbocycles. The lowest BCUT2D eigenvalue weighted by molar-refractivity contribution is -0.384. The van der Waals surface area contributed by atoms with Gasteiger partial charge in [-0.25, -0.2) is 0 Å². The Hall–Kier alpha value is -2.91. The minimum atomic E-state index is -0.528. The molecule has 1 heterocycles. The van der Waals surface area contributed by atoms with Gasteiger partial charge in [-0.1, -0.05) is 35.5 Å². The summed E-state index contributed by atoms with van der Waals surface area (Å²) in [5, 5.41) is 21.9. The number of carbonyl (C=O) groups excluding carboxylic acids is 1. The van der Waals surface area contributed by atoms with E-state index in [0.717, 1.165) is 11.8 Å². The summed E-state index contributed by atoms with van der Waals surface area (Å²) in [5.74, 6) is -0.0352. The fourth-order valence-corrected chi connectivity index (χ4v) is 2.78. The topological polar surface area (TPSA) is 111 Å². The van der Waals surface area contributed by atoms with Gasteiger partial charge in [0.15, 0.2) is 0 Å². The van der Waals surface area contributed by atoms with E-state index in [1.165, 1.54) is 18.2 Å². The van der Waals surface area contributed by atoms with Gasteiger partial charge in [-0.05, 0) is 24.3 Å². The zero-order valence-corrected chi connectivity index (χ0v) is 14.7. The number of nitro groups is 1. The number of halogens is 1. The largest absolute Gasteiger partial charge is 0.411 e. The number of nitrogens with zero attached hydrogens (tertiary/aromatic N) is 3. The van der Waals surface area contributed by atoms with Gasteiger partial charge in [0.2, 0.25) is 11.8 Å². The predicted molar refractivity (Wildman–Crippen MR) is 97.2 cm³/mol. The Kier molecular flexibility index (Phi) is 5.49. The van der Waals surface area contributed by atoms with Crippen LogP contribution in [0.2, 0.25) is 5.02 Å². The molecule has 2 aromatic carbocycles. The summed E-state index contributed by atoms with van der Waals surface area (Å²) in [5.41, 5.74) is 0.923. The van der Waals surface area contributed by atoms with Crippen LogP contribution in [0.15, 0.2) is 58.2 Å². The summed E-state index contributed by atoms with van der Waals surface area (Å²) in [4.78, 5) is 22.2. The van der Waals surface area contributed by atoms with Gasteiger partial charge in [-0.15, -0.1) is 10.2 Å². The van der Waals surface area contributed by atoms with Gasteiger partial charge in [0.25, 0.3) is 10.9 Å². The molecule has 0 atom stereocenters. The zero-order valence-electron chi connectivity index (χ0n) is 13.1. The average molecular weight is 391 g/mol. The molecule has 10 heteroatoms. The summed E-state index contributed by atoms with van der Waals surface area (Å²) < 4.78 is 5.49. The third-order valence-corrected chi connectivity index (χ3v) is 4.20. The van der Waals surface area contributed by atoms with E-state index in [9.17, 15) is 14.9 Å². The van der Waals surface area contributed by atoms with Gasteiger partial charge in [0.1, 0.15) is 0 Å². The molecular weight excluding hydrogens is 380 g/mol. The number of amides is 1. The molecule has 3 aromatic rings. The van der Waals surface area contributed by atoms with Crippen LogP contribution in [0.1, 0.15) is 0 Å². The summed E-state index contributed by atoms with van der Waals surface area (Å²) in [6, 6.07) is 12.7. The number of thioether (sulfide) groups is 1. The molecule has 3 rings (SSSR count). The fraction of sp³-hybridized carbons (Fsp3) is 0.0625. The van der Waals surface area contributed by atoms with Crippen molar-refractivity contribution in [2.75, 3.05) is 11.1 Å². The van der Waals surface area contributed by atoms with E-state index >= 15 is 0 Å². The number of nitro benzene ring substituents is 1. The maximum absolute atomic E-state index is 12.0. The molecular formula is C16H11ClN4O4S. The van der Waals surface area contributed by atoms with Crippen molar-refractivity contribution in [1.29, 1.82) is 0 Å². The number of rotatable bonds is 6. The lowest BCUT2D eigenvalue weighted by Gasteiger charge is -2.03. The summed E-state index contributed by atoms with van der Waals surface area (Å²) in [7, 11) is 0. The highest BCUT2D eigenvalue weighted by Gasteiger charge is 2.13. The lowest BCUT2D eigenvalue weighted by atomic mass is 10.2. The van der Waals surface area contributed by atoms with Crippen molar-refractivity contribution < 1.29 is 14.1 Å². The Morgan fingerprint density at radius 2 is 2.04 bits per heavy atom. The molecule has 0 fully saturated rings. The highest BCUT2D eigenvalue weighted by Crippen LogP contribution is 2.25. The van der Waals surface area contributed by atoms with Gasteiger partial charge in [-0.2, -0.15) is 0 Å². The van der Waals surface area contributed by atoms with Crippen molar-refractivity contribution >= 4 is 40.6 Å². The van der Waals surface area contributed by atoms with E-state index in [4.69, 9.17) is 16.0 Å². The van der Waals surface area contributed by atoms with Crippen molar-refractivity contribution in [2.24, 2.45) is 0 Å². The van der Waals surface area contributed by atoms with Gasteiger partial charge >= 0.3 is 0 Å². The molecule has 0 saturated heterocycles. The first-order chi connectivity index (χ1) is 12.5. The van der Waals surface area contributed by atoms with Crippen LogP contribution in [0.5, 0.6) is 0 Å².